The van der Waals surface area contributed by atoms with E-state index in [0.717, 1.165) is 0 Å². The molecule has 6 heteroatoms. The third-order valence-electron chi connectivity index (χ3n) is 2.00. The van der Waals surface area contributed by atoms with Crippen molar-refractivity contribution in [1.29, 1.82) is 0 Å². The van der Waals surface area contributed by atoms with E-state index in [1.807, 2.05) is 0 Å². The Balaban J connectivity index is 2.79. The summed E-state index contributed by atoms with van der Waals surface area (Å²) in [5, 5.41) is 0. The van der Waals surface area contributed by atoms with Crippen LogP contribution in [0.5, 0.6) is 0 Å². The van der Waals surface area contributed by atoms with Crippen LogP contribution >= 0.6 is 0 Å². The van der Waals surface area contributed by atoms with Crippen LogP contribution in [0.2, 0.25) is 0 Å². The SMILES string of the molecule is F[C]1C(F)=C(F)c2c1cc(F)c(F)c2F. The van der Waals surface area contributed by atoms with E-state index in [4.69, 9.17) is 0 Å². The number of halogens is 6. The highest BCUT2D eigenvalue weighted by Crippen LogP contribution is 2.45. The van der Waals surface area contributed by atoms with E-state index in [9.17, 15) is 26.3 Å². The van der Waals surface area contributed by atoms with Crippen molar-refractivity contribution < 1.29 is 26.3 Å². The molecule has 0 N–H and O–H groups in total. The first-order chi connectivity index (χ1) is 6.95. The highest BCUT2D eigenvalue weighted by atomic mass is 19.2. The molecule has 1 radical (unpaired) electrons. The monoisotopic (exact) mass is 223 g/mol. The highest BCUT2D eigenvalue weighted by molar-refractivity contribution is 5.76. The Morgan fingerprint density at radius 3 is 1.93 bits per heavy atom. The Hall–Kier alpha value is -1.46. The fraction of sp³-hybridized carbons (Fsp3) is 0. The summed E-state index contributed by atoms with van der Waals surface area (Å²) in [6, 6.07) is 0.204. The van der Waals surface area contributed by atoms with Gasteiger partial charge in [0.05, 0.1) is 5.56 Å². The lowest BCUT2D eigenvalue weighted by Gasteiger charge is -2.03. The zero-order chi connectivity index (χ0) is 11.3. The molecule has 1 aromatic carbocycles. The van der Waals surface area contributed by atoms with Crippen molar-refractivity contribution in [2.24, 2.45) is 0 Å². The minimum absolute atomic E-state index is 0.204. The molecule has 1 aliphatic carbocycles. The van der Waals surface area contributed by atoms with Gasteiger partial charge in [0.1, 0.15) is 0 Å². The maximum absolute atomic E-state index is 12.9. The molecule has 0 fully saturated rings. The van der Waals surface area contributed by atoms with Crippen LogP contribution in [0.25, 0.3) is 5.83 Å². The lowest BCUT2D eigenvalue weighted by molar-refractivity contribution is 0.440. The van der Waals surface area contributed by atoms with Crippen molar-refractivity contribution in [2.75, 3.05) is 0 Å². The van der Waals surface area contributed by atoms with E-state index in [2.05, 4.69) is 0 Å². The van der Waals surface area contributed by atoms with Crippen LogP contribution < -0.4 is 0 Å². The fourth-order valence-corrected chi connectivity index (χ4v) is 1.31. The predicted octanol–water partition coefficient (Wildman–Crippen LogP) is 3.57. The number of fused-ring (bicyclic) bond motifs is 1. The summed E-state index contributed by atoms with van der Waals surface area (Å²) in [5.41, 5.74) is -2.18. The third-order valence-corrected chi connectivity index (χ3v) is 2.00. The van der Waals surface area contributed by atoms with Crippen LogP contribution in [0.15, 0.2) is 11.9 Å². The van der Waals surface area contributed by atoms with Crippen molar-refractivity contribution >= 4 is 5.83 Å². The van der Waals surface area contributed by atoms with Gasteiger partial charge in [0.25, 0.3) is 0 Å². The van der Waals surface area contributed by atoms with Gasteiger partial charge < -0.3 is 0 Å². The average Bonchev–Trinajstić information content (AvgIpc) is 2.40. The topological polar surface area (TPSA) is 0 Å². The predicted molar refractivity (Wildman–Crippen MR) is 38.9 cm³/mol. The maximum Gasteiger partial charge on any atom is 0.235 e. The lowest BCUT2D eigenvalue weighted by atomic mass is 10.1. The maximum atomic E-state index is 12.9. The van der Waals surface area contributed by atoms with E-state index in [1.54, 1.807) is 0 Å². The molecule has 0 saturated carbocycles. The Labute approximate surface area is 79.8 Å². The van der Waals surface area contributed by atoms with E-state index in [1.165, 1.54) is 0 Å². The molecular weight excluding hydrogens is 222 g/mol. The van der Waals surface area contributed by atoms with E-state index < -0.39 is 46.4 Å². The number of benzene rings is 1. The number of hydrogen-bond acceptors (Lipinski definition) is 0. The van der Waals surface area contributed by atoms with Crippen molar-refractivity contribution in [1.82, 2.24) is 0 Å². The molecule has 0 saturated heterocycles. The second-order valence-corrected chi connectivity index (χ2v) is 2.85. The van der Waals surface area contributed by atoms with Crippen molar-refractivity contribution in [3.05, 3.63) is 46.6 Å². The summed E-state index contributed by atoms with van der Waals surface area (Å²) >= 11 is 0. The molecule has 1 aromatic rings. The minimum Gasteiger partial charge on any atom is -0.226 e. The Kier molecular flexibility index (Phi) is 2.02. The first-order valence-corrected chi connectivity index (χ1v) is 3.71. The summed E-state index contributed by atoms with van der Waals surface area (Å²) in [6.45, 7) is 0. The van der Waals surface area contributed by atoms with Gasteiger partial charge in [0.15, 0.2) is 29.1 Å². The van der Waals surface area contributed by atoms with Gasteiger partial charge in [0, 0.05) is 5.56 Å². The minimum atomic E-state index is -1.97. The largest absolute Gasteiger partial charge is 0.235 e. The van der Waals surface area contributed by atoms with Crippen molar-refractivity contribution in [2.45, 2.75) is 0 Å². The van der Waals surface area contributed by atoms with E-state index in [0.29, 0.717) is 0 Å². The Morgan fingerprint density at radius 1 is 0.733 bits per heavy atom. The van der Waals surface area contributed by atoms with Crippen LogP contribution in [0.3, 0.4) is 0 Å². The van der Waals surface area contributed by atoms with Gasteiger partial charge in [0.2, 0.25) is 6.17 Å². The van der Waals surface area contributed by atoms with Crippen LogP contribution in [0.4, 0.5) is 26.3 Å². The zero-order valence-corrected chi connectivity index (χ0v) is 6.85. The van der Waals surface area contributed by atoms with Gasteiger partial charge in [-0.25, -0.2) is 26.3 Å². The van der Waals surface area contributed by atoms with Crippen LogP contribution in [-0.2, 0) is 0 Å². The molecule has 0 heterocycles. The van der Waals surface area contributed by atoms with E-state index in [-0.39, 0.29) is 6.07 Å². The molecule has 0 aliphatic heterocycles. The molecule has 0 spiro atoms. The third kappa shape index (κ3) is 1.17. The Morgan fingerprint density at radius 2 is 1.33 bits per heavy atom. The summed E-state index contributed by atoms with van der Waals surface area (Å²) < 4.78 is 76.5. The summed E-state index contributed by atoms with van der Waals surface area (Å²) in [5.74, 6) is -9.42. The summed E-state index contributed by atoms with van der Waals surface area (Å²) in [6.07, 6.45) is -1.74. The lowest BCUT2D eigenvalue weighted by Crippen LogP contribution is -1.99. The molecule has 0 atom stereocenters. The van der Waals surface area contributed by atoms with E-state index >= 15 is 0 Å². The average molecular weight is 223 g/mol. The zero-order valence-electron chi connectivity index (χ0n) is 6.85. The molecule has 0 aromatic heterocycles. The van der Waals surface area contributed by atoms with Gasteiger partial charge in [-0.3, -0.25) is 0 Å². The molecular formula is C9HF6. The van der Waals surface area contributed by atoms with Crippen molar-refractivity contribution in [3.8, 4) is 0 Å². The molecule has 79 valence electrons. The smallest absolute Gasteiger partial charge is 0.226 e. The molecule has 0 bridgehead atoms. The second kappa shape index (κ2) is 3.01. The fourth-order valence-electron chi connectivity index (χ4n) is 1.31. The van der Waals surface area contributed by atoms with Gasteiger partial charge in [-0.2, -0.15) is 0 Å². The first kappa shape index (κ1) is 10.1. The summed E-state index contributed by atoms with van der Waals surface area (Å²) in [4.78, 5) is 0. The quantitative estimate of drug-likeness (QED) is 0.465. The molecule has 2 rings (SSSR count). The standard InChI is InChI=1S/C9HF6/c10-3-1-2-4(7(13)6(3)12)8(14)9(15)5(2)11/h1H. The highest BCUT2D eigenvalue weighted by Gasteiger charge is 2.38. The Bertz CT molecular complexity index is 476. The molecule has 1 aliphatic rings. The molecule has 0 amide bonds. The summed E-state index contributed by atoms with van der Waals surface area (Å²) in [7, 11) is 0. The second-order valence-electron chi connectivity index (χ2n) is 2.85. The molecule has 0 unspecified atom stereocenters. The number of rotatable bonds is 0. The van der Waals surface area contributed by atoms with Crippen molar-refractivity contribution in [3.63, 3.8) is 0 Å². The van der Waals surface area contributed by atoms with Gasteiger partial charge in [-0.05, 0) is 6.07 Å². The number of allylic oxidation sites excluding steroid dienone is 1. The van der Waals surface area contributed by atoms with Gasteiger partial charge in [-0.15, -0.1) is 0 Å². The molecule has 15 heavy (non-hydrogen) atoms. The number of hydrogen-bond donors (Lipinski definition) is 0. The van der Waals surface area contributed by atoms with Crippen LogP contribution in [0.1, 0.15) is 11.1 Å². The van der Waals surface area contributed by atoms with Crippen LogP contribution in [0, 0.1) is 23.6 Å². The normalized spacial score (nSPS) is 16.1. The van der Waals surface area contributed by atoms with Crippen LogP contribution in [-0.4, -0.2) is 0 Å². The van der Waals surface area contributed by atoms with Gasteiger partial charge >= 0.3 is 0 Å². The molecule has 0 nitrogen and oxygen atoms in total. The van der Waals surface area contributed by atoms with Gasteiger partial charge in [-0.1, -0.05) is 0 Å². The first-order valence-electron chi connectivity index (χ1n) is 3.71.